The Morgan fingerprint density at radius 2 is 2.22 bits per heavy atom. The van der Waals surface area contributed by atoms with Crippen molar-refractivity contribution < 1.29 is 9.53 Å². The number of rotatable bonds is 4. The van der Waals surface area contributed by atoms with Crippen LogP contribution >= 0.6 is 0 Å². The second kappa shape index (κ2) is 6.95. The lowest BCUT2D eigenvalue weighted by molar-refractivity contribution is -0.123. The molecule has 0 N–H and O–H groups in total. The molecule has 0 atom stereocenters. The molecule has 0 aromatic rings. The Hall–Kier alpha value is -1.05. The van der Waals surface area contributed by atoms with E-state index in [1.807, 2.05) is 19.1 Å². The summed E-state index contributed by atoms with van der Waals surface area (Å²) in [5.74, 6) is 0. The number of hydrogen-bond donors (Lipinski definition) is 0. The standard InChI is InChI=1S/C7H10O2/c1-2-3-4-5-6-9-7-8/h3-7H,2H2,1H3/b4-3+,6-5+. The summed E-state index contributed by atoms with van der Waals surface area (Å²) in [7, 11) is 0. The minimum atomic E-state index is 0.385. The monoisotopic (exact) mass is 126 g/mol. The summed E-state index contributed by atoms with van der Waals surface area (Å²) in [6, 6.07) is 0. The molecule has 0 unspecified atom stereocenters. The predicted molar refractivity (Wildman–Crippen MR) is 35.7 cm³/mol. The number of ether oxygens (including phenoxy) is 1. The van der Waals surface area contributed by atoms with Crippen LogP contribution in [0.3, 0.4) is 0 Å². The fraction of sp³-hybridized carbons (Fsp3) is 0.286. The van der Waals surface area contributed by atoms with Crippen molar-refractivity contribution in [3.63, 3.8) is 0 Å². The van der Waals surface area contributed by atoms with E-state index in [0.29, 0.717) is 6.47 Å². The van der Waals surface area contributed by atoms with E-state index >= 15 is 0 Å². The lowest BCUT2D eigenvalue weighted by Crippen LogP contribution is -1.69. The molecule has 0 aromatic carbocycles. The molecule has 0 aliphatic heterocycles. The van der Waals surface area contributed by atoms with Gasteiger partial charge in [0, 0.05) is 0 Å². The third-order valence-corrected chi connectivity index (χ3v) is 0.696. The molecule has 50 valence electrons. The highest BCUT2D eigenvalue weighted by atomic mass is 16.5. The van der Waals surface area contributed by atoms with Crippen LogP contribution in [0.15, 0.2) is 24.5 Å². The van der Waals surface area contributed by atoms with Crippen LogP contribution < -0.4 is 0 Å². The lowest BCUT2D eigenvalue weighted by atomic mass is 10.4. The van der Waals surface area contributed by atoms with E-state index in [4.69, 9.17) is 0 Å². The summed E-state index contributed by atoms with van der Waals surface area (Å²) in [5.41, 5.74) is 0. The van der Waals surface area contributed by atoms with Crippen molar-refractivity contribution in [3.05, 3.63) is 24.5 Å². The molecule has 0 aliphatic rings. The predicted octanol–water partition coefficient (Wildman–Crippen LogP) is 1.64. The van der Waals surface area contributed by atoms with Gasteiger partial charge in [-0.1, -0.05) is 19.1 Å². The van der Waals surface area contributed by atoms with Gasteiger partial charge < -0.3 is 4.74 Å². The Morgan fingerprint density at radius 1 is 1.44 bits per heavy atom. The van der Waals surface area contributed by atoms with Crippen molar-refractivity contribution in [3.8, 4) is 0 Å². The van der Waals surface area contributed by atoms with Crippen molar-refractivity contribution in [1.82, 2.24) is 0 Å². The van der Waals surface area contributed by atoms with Crippen molar-refractivity contribution in [2.24, 2.45) is 0 Å². The van der Waals surface area contributed by atoms with Crippen LogP contribution in [0, 0.1) is 0 Å². The van der Waals surface area contributed by atoms with Gasteiger partial charge in [-0.2, -0.15) is 0 Å². The van der Waals surface area contributed by atoms with Crippen molar-refractivity contribution in [2.75, 3.05) is 0 Å². The first-order valence-corrected chi connectivity index (χ1v) is 2.82. The normalized spacial score (nSPS) is 10.8. The zero-order valence-electron chi connectivity index (χ0n) is 5.41. The molecule has 0 fully saturated rings. The Morgan fingerprint density at radius 3 is 2.78 bits per heavy atom. The van der Waals surface area contributed by atoms with E-state index in [9.17, 15) is 4.79 Å². The number of allylic oxidation sites excluding steroid dienone is 3. The van der Waals surface area contributed by atoms with Crippen LogP contribution in [0.1, 0.15) is 13.3 Å². The maximum atomic E-state index is 9.54. The number of carbonyl (C=O) groups excluding carboxylic acids is 1. The Bertz CT molecular complexity index is 114. The molecule has 0 bridgehead atoms. The van der Waals surface area contributed by atoms with Crippen LogP contribution in [0.2, 0.25) is 0 Å². The quantitative estimate of drug-likeness (QED) is 0.325. The molecule has 0 amide bonds. The van der Waals surface area contributed by atoms with Gasteiger partial charge in [0.05, 0.1) is 6.26 Å². The third kappa shape index (κ3) is 6.95. The van der Waals surface area contributed by atoms with Crippen LogP contribution in [-0.4, -0.2) is 6.47 Å². The fourth-order valence-corrected chi connectivity index (χ4v) is 0.337. The SMILES string of the molecule is CC/C=C/C=C/OC=O. The molecule has 0 spiro atoms. The van der Waals surface area contributed by atoms with Gasteiger partial charge in [-0.25, -0.2) is 0 Å². The van der Waals surface area contributed by atoms with E-state index in [2.05, 4.69) is 4.74 Å². The zero-order valence-corrected chi connectivity index (χ0v) is 5.41. The topological polar surface area (TPSA) is 26.3 Å². The average Bonchev–Trinajstić information content (AvgIpc) is 1.89. The minimum Gasteiger partial charge on any atom is -0.437 e. The summed E-state index contributed by atoms with van der Waals surface area (Å²) < 4.78 is 4.27. The van der Waals surface area contributed by atoms with Crippen molar-refractivity contribution in [2.45, 2.75) is 13.3 Å². The molecule has 0 heterocycles. The van der Waals surface area contributed by atoms with Crippen LogP contribution in [0.4, 0.5) is 0 Å². The molecule has 2 nitrogen and oxygen atoms in total. The second-order valence-corrected chi connectivity index (χ2v) is 1.40. The largest absolute Gasteiger partial charge is 0.437 e. The van der Waals surface area contributed by atoms with Gasteiger partial charge in [0.25, 0.3) is 6.47 Å². The van der Waals surface area contributed by atoms with Gasteiger partial charge in [0.2, 0.25) is 0 Å². The van der Waals surface area contributed by atoms with Crippen LogP contribution in [0.25, 0.3) is 0 Å². The van der Waals surface area contributed by atoms with Gasteiger partial charge >= 0.3 is 0 Å². The summed E-state index contributed by atoms with van der Waals surface area (Å²) in [5, 5.41) is 0. The van der Waals surface area contributed by atoms with Gasteiger partial charge in [-0.3, -0.25) is 4.79 Å². The Balaban J connectivity index is 3.23. The highest BCUT2D eigenvalue weighted by Gasteiger charge is 1.64. The van der Waals surface area contributed by atoms with E-state index in [1.165, 1.54) is 6.26 Å². The molecule has 0 saturated carbocycles. The smallest absolute Gasteiger partial charge is 0.297 e. The van der Waals surface area contributed by atoms with E-state index < -0.39 is 0 Å². The highest BCUT2D eigenvalue weighted by Crippen LogP contribution is 1.80. The van der Waals surface area contributed by atoms with Gasteiger partial charge in [-0.05, 0) is 12.5 Å². The maximum absolute atomic E-state index is 9.54. The summed E-state index contributed by atoms with van der Waals surface area (Å²) >= 11 is 0. The third-order valence-electron chi connectivity index (χ3n) is 0.696. The Kier molecular flexibility index (Phi) is 6.14. The van der Waals surface area contributed by atoms with Gasteiger partial charge in [0.15, 0.2) is 0 Å². The molecular weight excluding hydrogens is 116 g/mol. The fourth-order valence-electron chi connectivity index (χ4n) is 0.337. The summed E-state index contributed by atoms with van der Waals surface area (Å²) in [6.07, 6.45) is 7.77. The molecule has 2 heteroatoms. The van der Waals surface area contributed by atoms with E-state index in [0.717, 1.165) is 6.42 Å². The first-order valence-electron chi connectivity index (χ1n) is 2.82. The first kappa shape index (κ1) is 7.95. The van der Waals surface area contributed by atoms with Crippen LogP contribution in [0.5, 0.6) is 0 Å². The molecule has 0 aliphatic carbocycles. The minimum absolute atomic E-state index is 0.385. The molecule has 9 heavy (non-hydrogen) atoms. The molecular formula is C7H10O2. The zero-order chi connectivity index (χ0) is 6.95. The highest BCUT2D eigenvalue weighted by molar-refractivity contribution is 5.38. The molecule has 0 rings (SSSR count). The molecule has 0 saturated heterocycles. The number of carbonyl (C=O) groups is 1. The molecule has 0 radical (unpaired) electrons. The summed E-state index contributed by atoms with van der Waals surface area (Å²) in [6.45, 7) is 2.42. The first-order chi connectivity index (χ1) is 4.41. The van der Waals surface area contributed by atoms with E-state index in [-0.39, 0.29) is 0 Å². The lowest BCUT2D eigenvalue weighted by Gasteiger charge is -1.78. The van der Waals surface area contributed by atoms with Gasteiger partial charge in [0.1, 0.15) is 0 Å². The maximum Gasteiger partial charge on any atom is 0.297 e. The van der Waals surface area contributed by atoms with E-state index in [1.54, 1.807) is 6.08 Å². The van der Waals surface area contributed by atoms with Gasteiger partial charge in [-0.15, -0.1) is 0 Å². The van der Waals surface area contributed by atoms with Crippen molar-refractivity contribution in [1.29, 1.82) is 0 Å². The average molecular weight is 126 g/mol. The van der Waals surface area contributed by atoms with Crippen LogP contribution in [-0.2, 0) is 9.53 Å². The summed E-state index contributed by atoms with van der Waals surface area (Å²) in [4.78, 5) is 9.54. The Labute approximate surface area is 54.8 Å². The van der Waals surface area contributed by atoms with Crippen molar-refractivity contribution >= 4 is 6.47 Å². The molecule has 0 aromatic heterocycles. The number of hydrogen-bond acceptors (Lipinski definition) is 2. The second-order valence-electron chi connectivity index (χ2n) is 1.40.